The Kier molecular flexibility index (Phi) is 3.41. The van der Waals surface area contributed by atoms with Gasteiger partial charge in [0.15, 0.2) is 0 Å². The summed E-state index contributed by atoms with van der Waals surface area (Å²) in [5.74, 6) is -0.0759. The van der Waals surface area contributed by atoms with Crippen LogP contribution in [0.4, 0.5) is 4.39 Å². The van der Waals surface area contributed by atoms with E-state index in [4.69, 9.17) is 4.52 Å². The number of hydrogen-bond acceptors (Lipinski definition) is 4. The average Bonchev–Trinajstić information content (AvgIpc) is 3.13. The van der Waals surface area contributed by atoms with Gasteiger partial charge in [0.05, 0.1) is 17.8 Å². The number of likely N-dealkylation sites (tertiary alicyclic amines) is 1. The molecule has 1 aliphatic carbocycles. The summed E-state index contributed by atoms with van der Waals surface area (Å²) >= 11 is 0. The Morgan fingerprint density at radius 1 is 1.35 bits per heavy atom. The maximum absolute atomic E-state index is 13.5. The third-order valence-corrected chi connectivity index (χ3v) is 4.51. The van der Waals surface area contributed by atoms with E-state index in [1.807, 2.05) is 0 Å². The summed E-state index contributed by atoms with van der Waals surface area (Å²) in [6.07, 6.45) is 1.92. The van der Waals surface area contributed by atoms with Gasteiger partial charge in [-0.25, -0.2) is 4.39 Å². The average molecular weight is 316 g/mol. The first-order chi connectivity index (χ1) is 11.1. The van der Waals surface area contributed by atoms with Crippen LogP contribution in [0.1, 0.15) is 53.0 Å². The van der Waals surface area contributed by atoms with E-state index in [0.717, 1.165) is 18.5 Å². The monoisotopic (exact) mass is 316 g/mol. The zero-order chi connectivity index (χ0) is 16.0. The zero-order valence-corrected chi connectivity index (χ0v) is 12.5. The van der Waals surface area contributed by atoms with Crippen molar-refractivity contribution in [1.82, 2.24) is 10.1 Å². The van der Waals surface area contributed by atoms with Crippen LogP contribution in [-0.2, 0) is 0 Å². The number of rotatable bonds is 3. The molecule has 0 bridgehead atoms. The highest BCUT2D eigenvalue weighted by atomic mass is 19.1. The number of halogens is 1. The quantitative estimate of drug-likeness (QED) is 0.945. The van der Waals surface area contributed by atoms with Crippen LogP contribution in [0.3, 0.4) is 0 Å². The van der Waals surface area contributed by atoms with Gasteiger partial charge in [-0.1, -0.05) is 17.3 Å². The Balaban J connectivity index is 1.60. The predicted octanol–water partition coefficient (Wildman–Crippen LogP) is 2.64. The van der Waals surface area contributed by atoms with Gasteiger partial charge in [-0.05, 0) is 37.0 Å². The van der Waals surface area contributed by atoms with Crippen LogP contribution in [-0.4, -0.2) is 33.7 Å². The van der Waals surface area contributed by atoms with Crippen LogP contribution in [0.15, 0.2) is 34.9 Å². The van der Waals surface area contributed by atoms with E-state index in [1.165, 1.54) is 17.0 Å². The normalized spacial score (nSPS) is 24.2. The molecule has 0 radical (unpaired) electrons. The number of β-amino-alcohol motifs (C(OH)–C–C–N with tert-alkyl or cyclic N) is 1. The summed E-state index contributed by atoms with van der Waals surface area (Å²) in [5, 5.41) is 13.9. The van der Waals surface area contributed by atoms with Gasteiger partial charge in [0.1, 0.15) is 5.82 Å². The lowest BCUT2D eigenvalue weighted by Crippen LogP contribution is -2.31. The number of amides is 1. The summed E-state index contributed by atoms with van der Waals surface area (Å²) in [7, 11) is 0. The fourth-order valence-corrected chi connectivity index (χ4v) is 3.17. The predicted molar refractivity (Wildman–Crippen MR) is 79.3 cm³/mol. The maximum atomic E-state index is 13.5. The molecule has 2 fully saturated rings. The van der Waals surface area contributed by atoms with Gasteiger partial charge >= 0.3 is 0 Å². The molecule has 2 aliphatic rings. The second-order valence-corrected chi connectivity index (χ2v) is 6.31. The van der Waals surface area contributed by atoms with Crippen LogP contribution in [0, 0.1) is 5.82 Å². The third kappa shape index (κ3) is 2.74. The van der Waals surface area contributed by atoms with Crippen molar-refractivity contribution in [2.24, 2.45) is 0 Å². The van der Waals surface area contributed by atoms with Gasteiger partial charge in [0.2, 0.25) is 5.76 Å². The largest absolute Gasteiger partial charge is 0.391 e. The molecule has 1 aromatic carbocycles. The molecule has 4 rings (SSSR count). The minimum atomic E-state index is -0.627. The number of benzene rings is 1. The van der Waals surface area contributed by atoms with Crippen LogP contribution in [0.5, 0.6) is 0 Å². The highest BCUT2D eigenvalue weighted by Gasteiger charge is 2.38. The van der Waals surface area contributed by atoms with E-state index in [-0.39, 0.29) is 30.1 Å². The van der Waals surface area contributed by atoms with E-state index < -0.39 is 6.10 Å². The highest BCUT2D eigenvalue weighted by molar-refractivity contribution is 5.92. The highest BCUT2D eigenvalue weighted by Crippen LogP contribution is 2.40. The lowest BCUT2D eigenvalue weighted by molar-refractivity contribution is 0.0673. The third-order valence-electron chi connectivity index (χ3n) is 4.51. The fraction of sp³-hybridized carbons (Fsp3) is 0.412. The van der Waals surface area contributed by atoms with Crippen molar-refractivity contribution < 1.29 is 18.8 Å². The van der Waals surface area contributed by atoms with Crippen molar-refractivity contribution in [3.8, 4) is 0 Å². The zero-order valence-electron chi connectivity index (χ0n) is 12.5. The van der Waals surface area contributed by atoms with Crippen LogP contribution in [0.2, 0.25) is 0 Å². The van der Waals surface area contributed by atoms with E-state index in [9.17, 15) is 14.3 Å². The summed E-state index contributed by atoms with van der Waals surface area (Å²) < 4.78 is 18.7. The Labute approximate surface area is 132 Å². The number of aliphatic hydroxyl groups excluding tert-OH is 1. The summed E-state index contributed by atoms with van der Waals surface area (Å²) in [6.45, 7) is 0.208. The minimum Gasteiger partial charge on any atom is -0.391 e. The van der Waals surface area contributed by atoms with Crippen molar-refractivity contribution in [2.45, 2.75) is 37.3 Å². The molecule has 1 N–H and O–H groups in total. The molecule has 2 heterocycles. The molecule has 0 spiro atoms. The van der Waals surface area contributed by atoms with Gasteiger partial charge in [-0.15, -0.1) is 0 Å². The van der Waals surface area contributed by atoms with E-state index in [2.05, 4.69) is 5.16 Å². The number of carbonyl (C=O) groups is 1. The number of aliphatic hydroxyl groups is 1. The van der Waals surface area contributed by atoms with Gasteiger partial charge < -0.3 is 14.5 Å². The molecule has 2 atom stereocenters. The molecule has 6 heteroatoms. The van der Waals surface area contributed by atoms with Crippen molar-refractivity contribution in [2.75, 3.05) is 6.54 Å². The SMILES string of the molecule is O=C(c1cc(C2CC2)no1)N1C[C@@H](O)C[C@@H]1c1cccc(F)c1. The summed E-state index contributed by atoms with van der Waals surface area (Å²) in [5.41, 5.74) is 1.49. The molecule has 1 amide bonds. The minimum absolute atomic E-state index is 0.183. The van der Waals surface area contributed by atoms with Crippen molar-refractivity contribution in [1.29, 1.82) is 0 Å². The van der Waals surface area contributed by atoms with E-state index >= 15 is 0 Å². The first kappa shape index (κ1) is 14.4. The number of hydrogen-bond donors (Lipinski definition) is 1. The molecule has 1 saturated carbocycles. The molecule has 5 nitrogen and oxygen atoms in total. The molecule has 1 aliphatic heterocycles. The first-order valence-corrected chi connectivity index (χ1v) is 7.83. The van der Waals surface area contributed by atoms with Gasteiger partial charge in [0.25, 0.3) is 5.91 Å². The second-order valence-electron chi connectivity index (χ2n) is 6.31. The molecule has 0 unspecified atom stereocenters. The van der Waals surface area contributed by atoms with Crippen molar-refractivity contribution >= 4 is 5.91 Å². The lowest BCUT2D eigenvalue weighted by atomic mass is 10.0. The standard InChI is InChI=1S/C17H17FN2O3/c18-12-3-1-2-11(6-12)15-7-13(21)9-20(15)17(22)16-8-14(19-23-16)10-4-5-10/h1-3,6,8,10,13,15,21H,4-5,7,9H2/t13-,15+/m0/s1. The number of carbonyl (C=O) groups excluding carboxylic acids is 1. The Hall–Kier alpha value is -2.21. The molecule has 120 valence electrons. The maximum Gasteiger partial charge on any atom is 0.293 e. The number of aromatic nitrogens is 1. The second kappa shape index (κ2) is 5.45. The van der Waals surface area contributed by atoms with E-state index in [1.54, 1.807) is 18.2 Å². The lowest BCUT2D eigenvalue weighted by Gasteiger charge is -2.23. The smallest absolute Gasteiger partial charge is 0.293 e. The Morgan fingerprint density at radius 3 is 2.91 bits per heavy atom. The molecule has 1 saturated heterocycles. The van der Waals surface area contributed by atoms with Crippen LogP contribution in [0.25, 0.3) is 0 Å². The Morgan fingerprint density at radius 2 is 2.17 bits per heavy atom. The molecular weight excluding hydrogens is 299 g/mol. The van der Waals surface area contributed by atoms with Crippen LogP contribution < -0.4 is 0 Å². The van der Waals surface area contributed by atoms with Gasteiger partial charge in [0, 0.05) is 18.5 Å². The number of nitrogens with zero attached hydrogens (tertiary/aromatic N) is 2. The molecule has 2 aromatic rings. The molecular formula is C17H17FN2O3. The fourth-order valence-electron chi connectivity index (χ4n) is 3.17. The first-order valence-electron chi connectivity index (χ1n) is 7.83. The molecule has 23 heavy (non-hydrogen) atoms. The Bertz CT molecular complexity index is 741. The van der Waals surface area contributed by atoms with Gasteiger partial charge in [-0.3, -0.25) is 4.79 Å². The van der Waals surface area contributed by atoms with Gasteiger partial charge in [-0.2, -0.15) is 0 Å². The summed E-state index contributed by atoms with van der Waals surface area (Å²) in [6, 6.07) is 7.47. The summed E-state index contributed by atoms with van der Waals surface area (Å²) in [4.78, 5) is 14.2. The van der Waals surface area contributed by atoms with Crippen molar-refractivity contribution in [3.05, 3.63) is 53.2 Å². The van der Waals surface area contributed by atoms with Crippen LogP contribution >= 0.6 is 0 Å². The van der Waals surface area contributed by atoms with Crippen molar-refractivity contribution in [3.63, 3.8) is 0 Å². The van der Waals surface area contributed by atoms with E-state index in [0.29, 0.717) is 17.9 Å². The topological polar surface area (TPSA) is 66.6 Å². The molecule has 1 aromatic heterocycles.